The van der Waals surface area contributed by atoms with E-state index in [1.54, 1.807) is 40.0 Å². The molecule has 2 rings (SSSR count). The van der Waals surface area contributed by atoms with Gasteiger partial charge in [0, 0.05) is 30.1 Å². The maximum atomic E-state index is 13.6. The third-order valence-electron chi connectivity index (χ3n) is 8.34. The van der Waals surface area contributed by atoms with Crippen LogP contribution in [-0.4, -0.2) is 119 Å². The molecule has 0 aliphatic heterocycles. The van der Waals surface area contributed by atoms with Crippen molar-refractivity contribution in [1.29, 1.82) is 0 Å². The highest BCUT2D eigenvalue weighted by Gasteiger charge is 2.32. The van der Waals surface area contributed by atoms with E-state index in [-0.39, 0.29) is 50.7 Å². The summed E-state index contributed by atoms with van der Waals surface area (Å²) < 4.78 is 0. The van der Waals surface area contributed by atoms with Crippen molar-refractivity contribution in [3.8, 4) is 0 Å². The van der Waals surface area contributed by atoms with Crippen LogP contribution in [0.25, 0.3) is 10.9 Å². The summed E-state index contributed by atoms with van der Waals surface area (Å²) in [7, 11) is 0. The summed E-state index contributed by atoms with van der Waals surface area (Å²) in [4.78, 5) is 97.0. The van der Waals surface area contributed by atoms with Crippen LogP contribution >= 0.6 is 0 Å². The molecule has 20 heteroatoms. The molecule has 15 N–H and O–H groups in total. The monoisotopic (exact) mass is 773 g/mol. The quantitative estimate of drug-likeness (QED) is 0.0306. The highest BCUT2D eigenvalue weighted by Crippen LogP contribution is 2.19. The van der Waals surface area contributed by atoms with Crippen molar-refractivity contribution in [2.75, 3.05) is 26.2 Å². The van der Waals surface area contributed by atoms with Crippen molar-refractivity contribution >= 4 is 58.3 Å². The number of aromatic amines is 1. The predicted octanol–water partition coefficient (Wildman–Crippen LogP) is -2.96. The lowest BCUT2D eigenvalue weighted by Crippen LogP contribution is -2.59. The fourth-order valence-electron chi connectivity index (χ4n) is 5.50. The van der Waals surface area contributed by atoms with Gasteiger partial charge in [-0.2, -0.15) is 0 Å². The van der Waals surface area contributed by atoms with Crippen LogP contribution in [0.4, 0.5) is 0 Å². The molecule has 0 bridgehead atoms. The number of amides is 6. The van der Waals surface area contributed by atoms with E-state index >= 15 is 0 Å². The zero-order valence-electron chi connectivity index (χ0n) is 31.5. The molecule has 20 nitrogen and oxygen atoms in total. The Morgan fingerprint density at radius 2 is 1.44 bits per heavy atom. The zero-order chi connectivity index (χ0) is 41.2. The van der Waals surface area contributed by atoms with Gasteiger partial charge in [-0.25, -0.2) is 4.79 Å². The van der Waals surface area contributed by atoms with E-state index in [0.29, 0.717) is 5.56 Å². The number of rotatable bonds is 23. The molecule has 6 amide bonds. The number of aliphatic imine (C=N–C) groups is 1. The number of aromatic nitrogens is 1. The first kappa shape index (κ1) is 45.4. The number of carboxylic acids is 1. The maximum Gasteiger partial charge on any atom is 0.326 e. The smallest absolute Gasteiger partial charge is 0.326 e. The number of aliphatic hydroxyl groups is 1. The van der Waals surface area contributed by atoms with E-state index in [2.05, 4.69) is 41.9 Å². The molecule has 1 aromatic heterocycles. The van der Waals surface area contributed by atoms with Gasteiger partial charge in [-0.1, -0.05) is 45.9 Å². The normalized spacial score (nSPS) is 13.8. The Labute approximate surface area is 318 Å². The van der Waals surface area contributed by atoms with E-state index in [1.165, 1.54) is 0 Å². The summed E-state index contributed by atoms with van der Waals surface area (Å²) in [6.07, 6.45) is 2.00. The van der Waals surface area contributed by atoms with Crippen LogP contribution in [0.15, 0.2) is 35.5 Å². The fourth-order valence-corrected chi connectivity index (χ4v) is 5.50. The molecule has 0 fully saturated rings. The number of nitrogens with one attached hydrogen (secondary N) is 7. The first-order valence-electron chi connectivity index (χ1n) is 17.9. The fraction of sp³-hybridized carbons (Fsp3) is 0.543. The van der Waals surface area contributed by atoms with Crippen LogP contribution in [0.5, 0.6) is 0 Å². The summed E-state index contributed by atoms with van der Waals surface area (Å²) in [6.45, 7) is 5.23. The van der Waals surface area contributed by atoms with Crippen LogP contribution in [-0.2, 0) is 40.0 Å². The number of carbonyl (C=O) groups excluding carboxylic acids is 6. The second-order valence-electron chi connectivity index (χ2n) is 13.7. The van der Waals surface area contributed by atoms with Gasteiger partial charge in [-0.05, 0) is 42.7 Å². The molecule has 55 heavy (non-hydrogen) atoms. The molecule has 304 valence electrons. The van der Waals surface area contributed by atoms with Crippen molar-refractivity contribution in [1.82, 2.24) is 36.9 Å². The Balaban J connectivity index is 2.21. The van der Waals surface area contributed by atoms with Gasteiger partial charge in [0.05, 0.1) is 19.7 Å². The number of hydrogen-bond acceptors (Lipinski definition) is 10. The first-order valence-corrected chi connectivity index (χ1v) is 17.9. The van der Waals surface area contributed by atoms with Gasteiger partial charge in [0.15, 0.2) is 5.96 Å². The summed E-state index contributed by atoms with van der Waals surface area (Å²) in [5.41, 5.74) is 17.4. The van der Waals surface area contributed by atoms with E-state index < -0.39 is 90.7 Å². The third-order valence-corrected chi connectivity index (χ3v) is 8.34. The van der Waals surface area contributed by atoms with Gasteiger partial charge in [-0.3, -0.25) is 33.8 Å². The summed E-state index contributed by atoms with van der Waals surface area (Å²) in [6, 6.07) is 0.869. The van der Waals surface area contributed by atoms with E-state index in [1.807, 2.05) is 18.2 Å². The summed E-state index contributed by atoms with van der Waals surface area (Å²) >= 11 is 0. The molecule has 0 saturated heterocycles. The molecule has 0 aliphatic carbocycles. The van der Waals surface area contributed by atoms with Crippen LogP contribution in [0.2, 0.25) is 0 Å². The minimum absolute atomic E-state index is 0.0176. The van der Waals surface area contributed by atoms with Gasteiger partial charge < -0.3 is 64.3 Å². The first-order chi connectivity index (χ1) is 26.0. The second kappa shape index (κ2) is 22.5. The van der Waals surface area contributed by atoms with Gasteiger partial charge in [0.25, 0.3) is 0 Å². The molecule has 5 unspecified atom stereocenters. The number of benzene rings is 1. The molecule has 1 heterocycles. The Kier molecular flexibility index (Phi) is 18.5. The number of hydrogen-bond donors (Lipinski definition) is 12. The van der Waals surface area contributed by atoms with Crippen molar-refractivity contribution < 1.29 is 43.8 Å². The van der Waals surface area contributed by atoms with Crippen molar-refractivity contribution in [2.45, 2.75) is 83.6 Å². The molecular weight excluding hydrogens is 718 g/mol. The largest absolute Gasteiger partial charge is 0.480 e. The van der Waals surface area contributed by atoms with Crippen molar-refractivity contribution in [3.63, 3.8) is 0 Å². The minimum atomic E-state index is -1.53. The minimum Gasteiger partial charge on any atom is -0.480 e. The van der Waals surface area contributed by atoms with E-state index in [0.717, 1.165) is 10.9 Å². The lowest BCUT2D eigenvalue weighted by Gasteiger charge is -2.26. The lowest BCUT2D eigenvalue weighted by atomic mass is 10.0. The van der Waals surface area contributed by atoms with Gasteiger partial charge in [0.2, 0.25) is 35.4 Å². The predicted molar refractivity (Wildman–Crippen MR) is 203 cm³/mol. The molecular formula is C35H55N11O9. The zero-order valence-corrected chi connectivity index (χ0v) is 31.5. The highest BCUT2D eigenvalue weighted by atomic mass is 16.4. The van der Waals surface area contributed by atoms with E-state index in [4.69, 9.17) is 17.2 Å². The second-order valence-corrected chi connectivity index (χ2v) is 13.7. The Morgan fingerprint density at radius 1 is 0.800 bits per heavy atom. The van der Waals surface area contributed by atoms with Gasteiger partial charge in [0.1, 0.15) is 30.2 Å². The number of carboxylic acid groups (broad SMARTS) is 1. The number of H-pyrrole nitrogens is 1. The van der Waals surface area contributed by atoms with Crippen LogP contribution in [0.1, 0.15) is 52.5 Å². The number of aliphatic hydroxyl groups excluding tert-OH is 1. The van der Waals surface area contributed by atoms with Crippen LogP contribution in [0, 0.1) is 11.8 Å². The van der Waals surface area contributed by atoms with Crippen molar-refractivity contribution in [2.24, 2.45) is 34.0 Å². The molecule has 0 spiro atoms. The van der Waals surface area contributed by atoms with Crippen LogP contribution < -0.4 is 49.1 Å². The Morgan fingerprint density at radius 3 is 2.04 bits per heavy atom. The number of aliphatic carboxylic acids is 1. The van der Waals surface area contributed by atoms with Gasteiger partial charge in [-0.15, -0.1) is 0 Å². The number of nitrogens with two attached hydrogens (primary N) is 3. The highest BCUT2D eigenvalue weighted by molar-refractivity contribution is 5.96. The number of nitrogens with zero attached hydrogens (tertiary/aromatic N) is 1. The molecule has 0 saturated carbocycles. The lowest BCUT2D eigenvalue weighted by molar-refractivity contribution is -0.142. The molecule has 0 radical (unpaired) electrons. The number of para-hydroxylation sites is 1. The molecule has 0 aliphatic rings. The topological polar surface area (TPSA) is 338 Å². The van der Waals surface area contributed by atoms with Crippen molar-refractivity contribution in [3.05, 3.63) is 36.0 Å². The number of carbonyl (C=O) groups is 7. The van der Waals surface area contributed by atoms with Gasteiger partial charge >= 0.3 is 5.97 Å². The molecule has 5 atom stereocenters. The van der Waals surface area contributed by atoms with E-state index in [9.17, 15) is 43.8 Å². The maximum absolute atomic E-state index is 13.6. The Hall–Kier alpha value is -5.76. The molecule has 1 aromatic carbocycles. The average Bonchev–Trinajstić information content (AvgIpc) is 3.53. The Bertz CT molecular complexity index is 1670. The summed E-state index contributed by atoms with van der Waals surface area (Å²) in [5, 5.41) is 35.3. The number of guanidine groups is 1. The SMILES string of the molecule is CC(C)CC(NC(=O)CNC(=O)C(Cc1c[nH]c2ccccc12)NC(=O)C(CO)NC(=O)C(NC(=O)CN)C(C)C)C(=O)NC(CCCN=C(N)N)C(=O)O. The summed E-state index contributed by atoms with van der Waals surface area (Å²) in [5.74, 6) is -6.55. The standard InChI is InChI=1S/C35H55N11O9/c1-18(2)12-24(31(51)43-23(34(54)55)10-7-11-39-35(37)38)42-28(49)16-41-30(50)25(13-20-15-40-22-9-6-5-8-21(20)22)44-32(52)26(17-47)45-33(53)29(19(3)4)46-27(48)14-36/h5-6,8-9,15,18-19,23-26,29,40,47H,7,10-14,16-17,36H2,1-4H3,(H,41,50)(H,42,49)(H,43,51)(H,44,52)(H,45,53)(H,46,48)(H,54,55)(H4,37,38,39). The van der Waals surface area contributed by atoms with Crippen LogP contribution in [0.3, 0.4) is 0 Å². The number of fused-ring (bicyclic) bond motifs is 1. The average molecular weight is 774 g/mol. The third kappa shape index (κ3) is 15.3. The molecule has 2 aromatic rings.